The average Bonchev–Trinajstić information content (AvgIpc) is 3.01. The van der Waals surface area contributed by atoms with Crippen LogP contribution in [0.25, 0.3) is 21.8 Å². The summed E-state index contributed by atoms with van der Waals surface area (Å²) in [7, 11) is 0. The maximum Gasteiger partial charge on any atom is 0.200 e. The molecule has 24 heavy (non-hydrogen) atoms. The third kappa shape index (κ3) is 2.44. The molecular weight excluding hydrogens is 298 g/mol. The van der Waals surface area contributed by atoms with Gasteiger partial charge in [-0.15, -0.1) is 0 Å². The van der Waals surface area contributed by atoms with Gasteiger partial charge >= 0.3 is 0 Å². The van der Waals surface area contributed by atoms with Crippen molar-refractivity contribution >= 4 is 27.6 Å². The molecule has 4 rings (SSSR count). The van der Waals surface area contributed by atoms with Crippen LogP contribution in [0.4, 0.5) is 0 Å². The summed E-state index contributed by atoms with van der Waals surface area (Å²) in [5.74, 6) is 0.673. The Morgan fingerprint density at radius 1 is 0.875 bits per heavy atom. The van der Waals surface area contributed by atoms with Gasteiger partial charge in [0.25, 0.3) is 0 Å². The minimum Gasteiger partial charge on any atom is -0.483 e. The fourth-order valence-corrected chi connectivity index (χ4v) is 3.04. The number of nitrogens with one attached hydrogen (secondary N) is 1. The Morgan fingerprint density at radius 2 is 1.58 bits per heavy atom. The molecule has 0 aliphatic heterocycles. The molecule has 1 heterocycles. The van der Waals surface area contributed by atoms with Crippen LogP contribution >= 0.6 is 0 Å². The number of aromatic nitrogens is 1. The minimum atomic E-state index is -0.0279. The Morgan fingerprint density at radius 3 is 2.38 bits per heavy atom. The number of benzene rings is 3. The third-order valence-electron chi connectivity index (χ3n) is 4.29. The predicted molar refractivity (Wildman–Crippen MR) is 96.8 cm³/mol. The smallest absolute Gasteiger partial charge is 0.200 e. The predicted octanol–water partition coefficient (Wildman–Crippen LogP) is 4.89. The molecule has 3 aromatic carbocycles. The number of carbonyl (C=O) groups is 1. The number of ether oxygens (including phenoxy) is 1. The molecule has 0 bridgehead atoms. The topological polar surface area (TPSA) is 42.1 Å². The van der Waals surface area contributed by atoms with Gasteiger partial charge in [-0.3, -0.25) is 4.79 Å². The van der Waals surface area contributed by atoms with Gasteiger partial charge in [-0.05, 0) is 18.6 Å². The van der Waals surface area contributed by atoms with E-state index in [1.807, 2.05) is 30.3 Å². The van der Waals surface area contributed by atoms with E-state index in [1.165, 1.54) is 10.9 Å². The largest absolute Gasteiger partial charge is 0.483 e. The summed E-state index contributed by atoms with van der Waals surface area (Å²) in [6.45, 7) is 2.11. The monoisotopic (exact) mass is 315 g/mol. The summed E-state index contributed by atoms with van der Waals surface area (Å²) in [6.07, 6.45) is 0. The van der Waals surface area contributed by atoms with Gasteiger partial charge in [-0.1, -0.05) is 60.7 Å². The SMILES string of the molecule is Cc1cccc2c1[nH]c1c(OCC(=O)c3ccccc3)cccc12. The summed E-state index contributed by atoms with van der Waals surface area (Å²) in [4.78, 5) is 15.7. The highest BCUT2D eigenvalue weighted by atomic mass is 16.5. The van der Waals surface area contributed by atoms with Gasteiger partial charge in [0, 0.05) is 21.9 Å². The lowest BCUT2D eigenvalue weighted by Crippen LogP contribution is -2.11. The molecule has 4 aromatic rings. The highest BCUT2D eigenvalue weighted by Crippen LogP contribution is 2.32. The number of H-pyrrole nitrogens is 1. The molecule has 0 atom stereocenters. The Bertz CT molecular complexity index is 1030. The fourth-order valence-electron chi connectivity index (χ4n) is 3.04. The summed E-state index contributed by atoms with van der Waals surface area (Å²) < 4.78 is 5.82. The van der Waals surface area contributed by atoms with Crippen molar-refractivity contribution in [3.63, 3.8) is 0 Å². The van der Waals surface area contributed by atoms with Gasteiger partial charge in [-0.2, -0.15) is 0 Å². The van der Waals surface area contributed by atoms with Crippen LogP contribution in [0.5, 0.6) is 5.75 Å². The molecule has 0 spiro atoms. The molecule has 3 nitrogen and oxygen atoms in total. The summed E-state index contributed by atoms with van der Waals surface area (Å²) in [6, 6.07) is 21.4. The van der Waals surface area contributed by atoms with Crippen LogP contribution in [0.3, 0.4) is 0 Å². The molecule has 0 aliphatic rings. The van der Waals surface area contributed by atoms with Crippen LogP contribution in [-0.2, 0) is 0 Å². The van der Waals surface area contributed by atoms with Crippen LogP contribution in [0.2, 0.25) is 0 Å². The first-order valence-electron chi connectivity index (χ1n) is 7.95. The van der Waals surface area contributed by atoms with Crippen LogP contribution in [-0.4, -0.2) is 17.4 Å². The van der Waals surface area contributed by atoms with Crippen molar-refractivity contribution in [2.24, 2.45) is 0 Å². The first-order chi connectivity index (χ1) is 11.7. The van der Waals surface area contributed by atoms with Crippen LogP contribution in [0.1, 0.15) is 15.9 Å². The van der Waals surface area contributed by atoms with E-state index < -0.39 is 0 Å². The molecule has 0 aliphatic carbocycles. The van der Waals surface area contributed by atoms with E-state index >= 15 is 0 Å². The van der Waals surface area contributed by atoms with Crippen LogP contribution < -0.4 is 4.74 Å². The number of hydrogen-bond acceptors (Lipinski definition) is 2. The Hall–Kier alpha value is -3.07. The summed E-state index contributed by atoms with van der Waals surface area (Å²) in [5, 5.41) is 2.28. The number of carbonyl (C=O) groups excluding carboxylic acids is 1. The first-order valence-corrected chi connectivity index (χ1v) is 7.95. The first kappa shape index (κ1) is 14.5. The van der Waals surface area contributed by atoms with E-state index in [1.54, 1.807) is 12.1 Å². The van der Waals surface area contributed by atoms with Gasteiger partial charge in [0.2, 0.25) is 0 Å². The number of ketones is 1. The average molecular weight is 315 g/mol. The van der Waals surface area contributed by atoms with Crippen molar-refractivity contribution in [2.45, 2.75) is 6.92 Å². The van der Waals surface area contributed by atoms with Crippen molar-refractivity contribution in [3.05, 3.63) is 77.9 Å². The fraction of sp³-hybridized carbons (Fsp3) is 0.0952. The second-order valence-corrected chi connectivity index (χ2v) is 5.88. The maximum absolute atomic E-state index is 12.2. The molecule has 0 unspecified atom stereocenters. The molecule has 0 fully saturated rings. The zero-order chi connectivity index (χ0) is 16.5. The van der Waals surface area contributed by atoms with E-state index in [-0.39, 0.29) is 12.4 Å². The van der Waals surface area contributed by atoms with Gasteiger partial charge < -0.3 is 9.72 Å². The lowest BCUT2D eigenvalue weighted by atomic mass is 10.1. The van der Waals surface area contributed by atoms with Gasteiger partial charge in [-0.25, -0.2) is 0 Å². The minimum absolute atomic E-state index is 0.0253. The second kappa shape index (κ2) is 5.85. The number of para-hydroxylation sites is 2. The van der Waals surface area contributed by atoms with Crippen molar-refractivity contribution in [1.29, 1.82) is 0 Å². The normalized spacial score (nSPS) is 11.0. The lowest BCUT2D eigenvalue weighted by Gasteiger charge is -2.06. The summed E-state index contributed by atoms with van der Waals surface area (Å²) >= 11 is 0. The zero-order valence-corrected chi connectivity index (χ0v) is 13.4. The molecular formula is C21H17NO2. The third-order valence-corrected chi connectivity index (χ3v) is 4.29. The Kier molecular flexibility index (Phi) is 3.54. The maximum atomic E-state index is 12.2. The van der Waals surface area contributed by atoms with Crippen LogP contribution in [0.15, 0.2) is 66.7 Å². The molecule has 1 aromatic heterocycles. The molecule has 3 heteroatoms. The number of aromatic amines is 1. The quantitative estimate of drug-likeness (QED) is 0.545. The second-order valence-electron chi connectivity index (χ2n) is 5.88. The molecule has 0 saturated carbocycles. The molecule has 0 radical (unpaired) electrons. The standard InChI is InChI=1S/C21H17NO2/c1-14-7-5-10-16-17-11-6-12-19(21(17)22-20(14)16)24-13-18(23)15-8-3-2-4-9-15/h2-12,22H,13H2,1H3. The van der Waals surface area contributed by atoms with Gasteiger partial charge in [0.05, 0.1) is 5.52 Å². The Balaban J connectivity index is 1.69. The molecule has 0 saturated heterocycles. The van der Waals surface area contributed by atoms with E-state index in [0.717, 1.165) is 16.4 Å². The van der Waals surface area contributed by atoms with Crippen molar-refractivity contribution in [3.8, 4) is 5.75 Å². The van der Waals surface area contributed by atoms with E-state index in [4.69, 9.17) is 4.74 Å². The number of rotatable bonds is 4. The zero-order valence-electron chi connectivity index (χ0n) is 13.4. The molecule has 0 amide bonds. The lowest BCUT2D eigenvalue weighted by molar-refractivity contribution is 0.0922. The van der Waals surface area contributed by atoms with Crippen molar-refractivity contribution < 1.29 is 9.53 Å². The van der Waals surface area contributed by atoms with E-state index in [2.05, 4.69) is 36.2 Å². The molecule has 118 valence electrons. The number of fused-ring (bicyclic) bond motifs is 3. The van der Waals surface area contributed by atoms with E-state index in [0.29, 0.717) is 11.3 Å². The number of aryl methyl sites for hydroxylation is 1. The molecule has 1 N–H and O–H groups in total. The highest BCUT2D eigenvalue weighted by molar-refractivity contribution is 6.10. The van der Waals surface area contributed by atoms with E-state index in [9.17, 15) is 4.79 Å². The number of Topliss-reactive ketones (excluding diaryl/α,β-unsaturated/α-hetero) is 1. The van der Waals surface area contributed by atoms with Gasteiger partial charge in [0.1, 0.15) is 5.75 Å². The van der Waals surface area contributed by atoms with Crippen LogP contribution in [0, 0.1) is 6.92 Å². The summed E-state index contributed by atoms with van der Waals surface area (Å²) in [5.41, 5.74) is 3.90. The number of hydrogen-bond donors (Lipinski definition) is 1. The van der Waals surface area contributed by atoms with Gasteiger partial charge in [0.15, 0.2) is 12.4 Å². The Labute approximate surface area is 139 Å². The highest BCUT2D eigenvalue weighted by Gasteiger charge is 2.12. The van der Waals surface area contributed by atoms with Crippen molar-refractivity contribution in [1.82, 2.24) is 4.98 Å². The van der Waals surface area contributed by atoms with Crippen molar-refractivity contribution in [2.75, 3.05) is 6.61 Å².